The Kier molecular flexibility index (Phi) is 4.28. The summed E-state index contributed by atoms with van der Waals surface area (Å²) >= 11 is 1.40. The number of nitrogens with zero attached hydrogens (tertiary/aromatic N) is 2. The van der Waals surface area contributed by atoms with Gasteiger partial charge in [0.2, 0.25) is 5.89 Å². The standard InChI is InChI=1S/C12H15N3O3S/c1-7(12-14-8(2)15-18-12)13-11(16)10-5-4-9(19-10)6-17-3/h4-5,7H,6H2,1-3H3,(H,13,16)/t7-/m1/s1. The highest BCUT2D eigenvalue weighted by Crippen LogP contribution is 2.18. The number of amides is 1. The first kappa shape index (κ1) is 13.7. The van der Waals surface area contributed by atoms with Crippen molar-refractivity contribution in [2.24, 2.45) is 0 Å². The Morgan fingerprint density at radius 2 is 2.37 bits per heavy atom. The van der Waals surface area contributed by atoms with Gasteiger partial charge in [-0.05, 0) is 26.0 Å². The molecule has 0 radical (unpaired) electrons. The second-order valence-electron chi connectivity index (χ2n) is 4.07. The molecular formula is C12H15N3O3S. The van der Waals surface area contributed by atoms with Crippen LogP contribution in [0.15, 0.2) is 16.7 Å². The third-order valence-corrected chi connectivity index (χ3v) is 3.49. The monoisotopic (exact) mass is 281 g/mol. The van der Waals surface area contributed by atoms with Crippen LogP contribution in [-0.4, -0.2) is 23.2 Å². The van der Waals surface area contributed by atoms with Gasteiger partial charge in [-0.2, -0.15) is 4.98 Å². The lowest BCUT2D eigenvalue weighted by Crippen LogP contribution is -2.26. The molecular weight excluding hydrogens is 266 g/mol. The van der Waals surface area contributed by atoms with E-state index in [-0.39, 0.29) is 11.9 Å². The van der Waals surface area contributed by atoms with Gasteiger partial charge in [-0.15, -0.1) is 11.3 Å². The van der Waals surface area contributed by atoms with Crippen LogP contribution in [0.3, 0.4) is 0 Å². The molecule has 2 aromatic heterocycles. The maximum Gasteiger partial charge on any atom is 0.261 e. The minimum absolute atomic E-state index is 0.157. The van der Waals surface area contributed by atoms with Crippen LogP contribution in [0.25, 0.3) is 0 Å². The minimum atomic E-state index is -0.318. The Balaban J connectivity index is 1.99. The topological polar surface area (TPSA) is 77.2 Å². The van der Waals surface area contributed by atoms with Crippen molar-refractivity contribution in [3.63, 3.8) is 0 Å². The van der Waals surface area contributed by atoms with Gasteiger partial charge in [-0.25, -0.2) is 0 Å². The van der Waals surface area contributed by atoms with Crippen LogP contribution in [0.2, 0.25) is 0 Å². The average Bonchev–Trinajstić information content (AvgIpc) is 2.98. The molecule has 2 rings (SSSR count). The molecule has 0 fully saturated rings. The van der Waals surface area contributed by atoms with Gasteiger partial charge >= 0.3 is 0 Å². The molecule has 1 N–H and O–H groups in total. The van der Waals surface area contributed by atoms with E-state index in [4.69, 9.17) is 9.26 Å². The summed E-state index contributed by atoms with van der Waals surface area (Å²) in [6.45, 7) is 4.04. The summed E-state index contributed by atoms with van der Waals surface area (Å²) in [5.74, 6) is 0.796. The number of ether oxygens (including phenoxy) is 1. The Bertz CT molecular complexity index is 564. The summed E-state index contributed by atoms with van der Waals surface area (Å²) in [4.78, 5) is 17.7. The molecule has 0 saturated heterocycles. The molecule has 0 aromatic carbocycles. The first-order chi connectivity index (χ1) is 9.10. The van der Waals surface area contributed by atoms with E-state index < -0.39 is 0 Å². The summed E-state index contributed by atoms with van der Waals surface area (Å²) in [7, 11) is 1.62. The van der Waals surface area contributed by atoms with Gasteiger partial charge in [0.25, 0.3) is 5.91 Å². The predicted molar refractivity (Wildman–Crippen MR) is 69.9 cm³/mol. The van der Waals surface area contributed by atoms with E-state index in [1.54, 1.807) is 27.0 Å². The van der Waals surface area contributed by atoms with E-state index in [1.165, 1.54) is 11.3 Å². The van der Waals surface area contributed by atoms with Gasteiger partial charge in [0.1, 0.15) is 6.04 Å². The molecule has 0 spiro atoms. The minimum Gasteiger partial charge on any atom is -0.379 e. The van der Waals surface area contributed by atoms with E-state index >= 15 is 0 Å². The lowest BCUT2D eigenvalue weighted by molar-refractivity contribution is 0.0936. The maximum absolute atomic E-state index is 12.0. The van der Waals surface area contributed by atoms with Crippen LogP contribution in [0, 0.1) is 6.92 Å². The van der Waals surface area contributed by atoms with Gasteiger partial charge < -0.3 is 14.6 Å². The SMILES string of the molecule is COCc1ccc(C(=O)N[C@H](C)c2nc(C)no2)s1. The van der Waals surface area contributed by atoms with Crippen molar-refractivity contribution in [2.45, 2.75) is 26.5 Å². The van der Waals surface area contributed by atoms with Gasteiger partial charge in [-0.1, -0.05) is 5.16 Å². The summed E-state index contributed by atoms with van der Waals surface area (Å²) in [5.41, 5.74) is 0. The first-order valence-electron chi connectivity index (χ1n) is 5.79. The number of aryl methyl sites for hydroxylation is 1. The number of aromatic nitrogens is 2. The number of thiophene rings is 1. The van der Waals surface area contributed by atoms with Crippen LogP contribution in [0.4, 0.5) is 0 Å². The van der Waals surface area contributed by atoms with Crippen LogP contribution >= 0.6 is 11.3 Å². The van der Waals surface area contributed by atoms with Crippen LogP contribution in [-0.2, 0) is 11.3 Å². The van der Waals surface area contributed by atoms with Crippen molar-refractivity contribution >= 4 is 17.2 Å². The zero-order valence-electron chi connectivity index (χ0n) is 11.0. The Morgan fingerprint density at radius 3 is 3.00 bits per heavy atom. The fourth-order valence-electron chi connectivity index (χ4n) is 1.54. The van der Waals surface area contributed by atoms with Crippen LogP contribution < -0.4 is 5.32 Å². The fourth-order valence-corrected chi connectivity index (χ4v) is 2.42. The molecule has 2 aromatic rings. The molecule has 6 nitrogen and oxygen atoms in total. The second kappa shape index (κ2) is 5.94. The third kappa shape index (κ3) is 3.39. The van der Waals surface area contributed by atoms with Crippen molar-refractivity contribution in [3.8, 4) is 0 Å². The summed E-state index contributed by atoms with van der Waals surface area (Å²) in [5, 5.41) is 6.51. The zero-order chi connectivity index (χ0) is 13.8. The first-order valence-corrected chi connectivity index (χ1v) is 6.60. The van der Waals surface area contributed by atoms with Crippen molar-refractivity contribution in [1.29, 1.82) is 0 Å². The smallest absolute Gasteiger partial charge is 0.261 e. The molecule has 0 saturated carbocycles. The highest BCUT2D eigenvalue weighted by Gasteiger charge is 2.17. The number of hydrogen-bond acceptors (Lipinski definition) is 6. The molecule has 19 heavy (non-hydrogen) atoms. The highest BCUT2D eigenvalue weighted by atomic mass is 32.1. The van der Waals surface area contributed by atoms with E-state index in [2.05, 4.69) is 15.5 Å². The number of carbonyl (C=O) groups excluding carboxylic acids is 1. The third-order valence-electron chi connectivity index (χ3n) is 2.43. The van der Waals surface area contributed by atoms with Crippen molar-refractivity contribution < 1.29 is 14.1 Å². The molecule has 0 aliphatic rings. The molecule has 1 amide bonds. The van der Waals surface area contributed by atoms with Gasteiger partial charge in [0, 0.05) is 12.0 Å². The maximum atomic E-state index is 12.0. The normalized spacial score (nSPS) is 12.4. The van der Waals surface area contributed by atoms with Gasteiger partial charge in [0.05, 0.1) is 11.5 Å². The summed E-state index contributed by atoms with van der Waals surface area (Å²) in [6.07, 6.45) is 0. The molecule has 0 aliphatic carbocycles. The van der Waals surface area contributed by atoms with Gasteiger partial charge in [-0.3, -0.25) is 4.79 Å². The lowest BCUT2D eigenvalue weighted by Gasteiger charge is -2.08. The Hall–Kier alpha value is -1.73. The Morgan fingerprint density at radius 1 is 1.58 bits per heavy atom. The molecule has 2 heterocycles. The van der Waals surface area contributed by atoms with E-state index in [0.717, 1.165) is 4.88 Å². The van der Waals surface area contributed by atoms with E-state index in [1.807, 2.05) is 6.07 Å². The van der Waals surface area contributed by atoms with Crippen LogP contribution in [0.5, 0.6) is 0 Å². The number of carbonyl (C=O) groups is 1. The molecule has 7 heteroatoms. The summed E-state index contributed by atoms with van der Waals surface area (Å²) in [6, 6.07) is 3.34. The Labute approximate surface area is 114 Å². The van der Waals surface area contributed by atoms with Crippen molar-refractivity contribution in [3.05, 3.63) is 33.6 Å². The van der Waals surface area contributed by atoms with E-state index in [0.29, 0.717) is 23.2 Å². The lowest BCUT2D eigenvalue weighted by atomic mass is 10.3. The van der Waals surface area contributed by atoms with Gasteiger partial charge in [0.15, 0.2) is 5.82 Å². The fraction of sp³-hybridized carbons (Fsp3) is 0.417. The summed E-state index contributed by atoms with van der Waals surface area (Å²) < 4.78 is 10.0. The van der Waals surface area contributed by atoms with Crippen molar-refractivity contribution in [2.75, 3.05) is 7.11 Å². The predicted octanol–water partition coefficient (Wildman–Crippen LogP) is 2.08. The van der Waals surface area contributed by atoms with Crippen LogP contribution in [0.1, 0.15) is 39.2 Å². The number of hydrogen-bond donors (Lipinski definition) is 1. The number of rotatable bonds is 5. The molecule has 0 unspecified atom stereocenters. The van der Waals surface area contributed by atoms with E-state index in [9.17, 15) is 4.79 Å². The zero-order valence-corrected chi connectivity index (χ0v) is 11.8. The molecule has 0 aliphatic heterocycles. The molecule has 1 atom stereocenters. The van der Waals surface area contributed by atoms with Crippen molar-refractivity contribution in [1.82, 2.24) is 15.5 Å². The molecule has 0 bridgehead atoms. The largest absolute Gasteiger partial charge is 0.379 e. The molecule has 102 valence electrons. The second-order valence-corrected chi connectivity index (χ2v) is 5.24. The average molecular weight is 281 g/mol. The number of methoxy groups -OCH3 is 1. The highest BCUT2D eigenvalue weighted by molar-refractivity contribution is 7.14. The quantitative estimate of drug-likeness (QED) is 0.908. The number of nitrogens with one attached hydrogen (secondary N) is 1.